The molecule has 172 valence electrons. The average molecular weight is 432 g/mol. The largest absolute Gasteiger partial charge is 0.291 e. The van der Waals surface area contributed by atoms with Crippen LogP contribution in [0.3, 0.4) is 0 Å². The Kier molecular flexibility index (Phi) is 8.23. The van der Waals surface area contributed by atoms with E-state index in [1.165, 1.54) is 23.0 Å². The highest BCUT2D eigenvalue weighted by atomic mass is 15.2. The molecule has 1 aliphatic carbocycles. The zero-order valence-corrected chi connectivity index (χ0v) is 21.0. The van der Waals surface area contributed by atoms with Crippen LogP contribution in [0.4, 0.5) is 5.69 Å². The second kappa shape index (κ2) is 10.3. The molecule has 3 rings (SSSR count). The lowest BCUT2D eigenvalue weighted by molar-refractivity contribution is 0.0738. The van der Waals surface area contributed by atoms with Crippen molar-refractivity contribution in [2.24, 2.45) is 11.8 Å². The van der Waals surface area contributed by atoms with Gasteiger partial charge in [0, 0.05) is 5.56 Å². The third-order valence-corrected chi connectivity index (χ3v) is 7.36. The van der Waals surface area contributed by atoms with E-state index in [9.17, 15) is 5.41 Å². The molecule has 0 amide bonds. The van der Waals surface area contributed by atoms with E-state index in [2.05, 4.69) is 98.0 Å². The fourth-order valence-corrected chi connectivity index (χ4v) is 5.20. The summed E-state index contributed by atoms with van der Waals surface area (Å²) in [5, 5.41) is 17.5. The highest BCUT2D eigenvalue weighted by Gasteiger charge is 2.47. The number of rotatable bonds is 6. The van der Waals surface area contributed by atoms with Crippen LogP contribution in [-0.4, -0.2) is 12.2 Å². The molecule has 3 nitrogen and oxygen atoms in total. The highest BCUT2D eigenvalue weighted by Crippen LogP contribution is 2.53. The lowest BCUT2D eigenvalue weighted by Gasteiger charge is -2.52. The van der Waals surface area contributed by atoms with E-state index in [1.807, 2.05) is 6.07 Å². The van der Waals surface area contributed by atoms with Gasteiger partial charge in [-0.3, -0.25) is 15.7 Å². The van der Waals surface area contributed by atoms with Crippen molar-refractivity contribution in [1.29, 1.82) is 10.8 Å². The summed E-state index contributed by atoms with van der Waals surface area (Å²) >= 11 is 0. The van der Waals surface area contributed by atoms with Crippen molar-refractivity contribution in [1.82, 2.24) is 0 Å². The number of nitrogens with zero attached hydrogens (tertiary/aromatic N) is 1. The maximum Gasteiger partial charge on any atom is 0.138 e. The van der Waals surface area contributed by atoms with Gasteiger partial charge in [0.1, 0.15) is 5.84 Å². The summed E-state index contributed by atoms with van der Waals surface area (Å²) in [5.41, 5.74) is 5.62. The smallest absolute Gasteiger partial charge is 0.138 e. The van der Waals surface area contributed by atoms with Gasteiger partial charge < -0.3 is 0 Å². The van der Waals surface area contributed by atoms with Crippen molar-refractivity contribution in [3.05, 3.63) is 77.9 Å². The van der Waals surface area contributed by atoms with E-state index >= 15 is 0 Å². The molecule has 1 saturated carbocycles. The fourth-order valence-electron chi connectivity index (χ4n) is 5.20. The topological polar surface area (TPSA) is 50.9 Å². The number of benzene rings is 2. The van der Waals surface area contributed by atoms with Crippen molar-refractivity contribution in [2.75, 3.05) is 4.90 Å². The molecule has 2 aromatic rings. The maximum atomic E-state index is 9.21. The molecule has 3 heteroatoms. The zero-order valence-electron chi connectivity index (χ0n) is 21.0. The minimum absolute atomic E-state index is 0.0778. The minimum atomic E-state index is 0.0778. The normalized spacial score (nSPS) is 22.0. The summed E-state index contributed by atoms with van der Waals surface area (Å²) in [6.45, 7) is 21.7. The number of hydrogen-bond acceptors (Lipinski definition) is 2. The molecular weight excluding hydrogens is 390 g/mol. The second-order valence-electron chi connectivity index (χ2n) is 9.88. The van der Waals surface area contributed by atoms with Gasteiger partial charge >= 0.3 is 0 Å². The Balaban J connectivity index is 0.00000176. The van der Waals surface area contributed by atoms with Gasteiger partial charge in [-0.2, -0.15) is 0 Å². The molecule has 32 heavy (non-hydrogen) atoms. The predicted octanol–water partition coefficient (Wildman–Crippen LogP) is 8.11. The second-order valence-corrected chi connectivity index (χ2v) is 9.88. The standard InChI is InChI=1S/C27H37N3.C2H4/c1-17(2)21-12-10-13-22(18(3)4)25(21)30(16-28)26(29)23-11-8-9-14-24(23)27(7)15-19(5)20(27)6;1-2/h8-14,16-20,28-29H,15H2,1-7H3;1-2H2. The van der Waals surface area contributed by atoms with Crippen LogP contribution in [0.1, 0.15) is 89.0 Å². The van der Waals surface area contributed by atoms with Crippen LogP contribution in [0.15, 0.2) is 55.6 Å². The molecule has 0 aliphatic heterocycles. The van der Waals surface area contributed by atoms with Gasteiger partial charge in [0.2, 0.25) is 0 Å². The number of nitrogens with one attached hydrogen (secondary N) is 2. The molecule has 1 fully saturated rings. The van der Waals surface area contributed by atoms with Gasteiger partial charge in [-0.25, -0.2) is 0 Å². The van der Waals surface area contributed by atoms with Gasteiger partial charge in [-0.15, -0.1) is 13.2 Å². The molecule has 2 N–H and O–H groups in total. The lowest BCUT2D eigenvalue weighted by atomic mass is 9.52. The predicted molar refractivity (Wildman–Crippen MR) is 141 cm³/mol. The fraction of sp³-hybridized carbons (Fsp3) is 0.448. The van der Waals surface area contributed by atoms with Gasteiger partial charge in [0.25, 0.3) is 0 Å². The molecule has 3 unspecified atom stereocenters. The highest BCUT2D eigenvalue weighted by molar-refractivity contribution is 6.19. The molecule has 3 atom stereocenters. The van der Waals surface area contributed by atoms with Crippen LogP contribution in [0.2, 0.25) is 0 Å². The number of amidine groups is 1. The molecule has 0 radical (unpaired) electrons. The molecule has 0 bridgehead atoms. The van der Waals surface area contributed by atoms with E-state index in [4.69, 9.17) is 5.41 Å². The summed E-state index contributed by atoms with van der Waals surface area (Å²) in [6.07, 6.45) is 2.46. The van der Waals surface area contributed by atoms with E-state index in [0.717, 1.165) is 17.7 Å². The summed E-state index contributed by atoms with van der Waals surface area (Å²) in [5.74, 6) is 2.30. The van der Waals surface area contributed by atoms with Crippen molar-refractivity contribution < 1.29 is 0 Å². The number of anilines is 1. The molecule has 0 aromatic heterocycles. The first-order valence-corrected chi connectivity index (χ1v) is 11.7. The third-order valence-electron chi connectivity index (χ3n) is 7.36. The Morgan fingerprint density at radius 2 is 1.53 bits per heavy atom. The van der Waals surface area contributed by atoms with Crippen LogP contribution in [-0.2, 0) is 5.41 Å². The molecule has 0 saturated heterocycles. The number of hydrogen-bond donors (Lipinski definition) is 2. The molecular formula is C29H41N3. The Morgan fingerprint density at radius 1 is 1.00 bits per heavy atom. The van der Waals surface area contributed by atoms with E-state index in [1.54, 1.807) is 4.90 Å². The lowest BCUT2D eigenvalue weighted by Crippen LogP contribution is -2.48. The molecule has 1 aliphatic rings. The first-order chi connectivity index (χ1) is 15.1. The van der Waals surface area contributed by atoms with Gasteiger partial charge in [0.15, 0.2) is 0 Å². The third kappa shape index (κ3) is 4.44. The van der Waals surface area contributed by atoms with E-state index < -0.39 is 0 Å². The van der Waals surface area contributed by atoms with Crippen molar-refractivity contribution >= 4 is 17.9 Å². The Bertz CT molecular complexity index is 932. The first-order valence-electron chi connectivity index (χ1n) is 11.7. The average Bonchev–Trinajstić information content (AvgIpc) is 2.80. The van der Waals surface area contributed by atoms with Crippen molar-refractivity contribution in [2.45, 2.75) is 72.1 Å². The van der Waals surface area contributed by atoms with Gasteiger partial charge in [0.05, 0.1) is 12.0 Å². The van der Waals surface area contributed by atoms with Gasteiger partial charge in [-0.1, -0.05) is 90.9 Å². The number of para-hydroxylation sites is 1. The summed E-state index contributed by atoms with van der Waals surface area (Å²) in [7, 11) is 0. The van der Waals surface area contributed by atoms with E-state index in [-0.39, 0.29) is 5.41 Å². The molecule has 2 aromatic carbocycles. The van der Waals surface area contributed by atoms with E-state index in [0.29, 0.717) is 29.5 Å². The van der Waals surface area contributed by atoms with Crippen LogP contribution < -0.4 is 4.90 Å². The van der Waals surface area contributed by atoms with Crippen molar-refractivity contribution in [3.8, 4) is 0 Å². The van der Waals surface area contributed by atoms with Crippen LogP contribution in [0.5, 0.6) is 0 Å². The maximum absolute atomic E-state index is 9.21. The van der Waals surface area contributed by atoms with Crippen LogP contribution in [0.25, 0.3) is 0 Å². The monoisotopic (exact) mass is 431 g/mol. The molecule has 0 heterocycles. The first kappa shape index (κ1) is 25.6. The van der Waals surface area contributed by atoms with Crippen LogP contribution >= 0.6 is 0 Å². The summed E-state index contributed by atoms with van der Waals surface area (Å²) < 4.78 is 0. The summed E-state index contributed by atoms with van der Waals surface area (Å²) in [6, 6.07) is 14.7. The molecule has 0 spiro atoms. The minimum Gasteiger partial charge on any atom is -0.291 e. The van der Waals surface area contributed by atoms with Crippen LogP contribution in [0, 0.1) is 22.7 Å². The Morgan fingerprint density at radius 3 is 1.97 bits per heavy atom. The SMILES string of the molecule is C=C.CC(C)c1cccc(C(C)C)c1N(C=N)C(=N)c1ccccc1C1(C)CC(C)C1C. The zero-order chi connectivity index (χ0) is 24.2. The van der Waals surface area contributed by atoms with Gasteiger partial charge in [-0.05, 0) is 52.2 Å². The quantitative estimate of drug-likeness (QED) is 0.271. The Hall–Kier alpha value is -2.68. The Labute approximate surface area is 195 Å². The summed E-state index contributed by atoms with van der Waals surface area (Å²) in [4.78, 5) is 1.79. The van der Waals surface area contributed by atoms with Crippen molar-refractivity contribution in [3.63, 3.8) is 0 Å².